The molecule has 0 amide bonds. The Bertz CT molecular complexity index is 1320. The molecule has 1 aliphatic heterocycles. The normalized spacial score (nSPS) is 13.9. The molecule has 10 heteroatoms. The molecule has 0 bridgehead atoms. The van der Waals surface area contributed by atoms with Gasteiger partial charge in [-0.25, -0.2) is 9.18 Å². The third-order valence-electron chi connectivity index (χ3n) is 4.68. The highest BCUT2D eigenvalue weighted by Crippen LogP contribution is 2.47. The third-order valence-corrected chi connectivity index (χ3v) is 5.86. The number of aryl methyl sites for hydroxylation is 1. The number of aromatic amines is 1. The second-order valence-corrected chi connectivity index (χ2v) is 7.54. The van der Waals surface area contributed by atoms with Crippen LogP contribution in [0.2, 0.25) is 0 Å². The number of nitriles is 1. The summed E-state index contributed by atoms with van der Waals surface area (Å²) in [6.45, 7) is 0.228. The molecular formula is C19H11F4N3O2S. The summed E-state index contributed by atoms with van der Waals surface area (Å²) >= 11 is 1.08. The van der Waals surface area contributed by atoms with Crippen molar-refractivity contribution in [1.82, 2.24) is 9.55 Å². The molecule has 0 saturated carbocycles. The molecule has 0 fully saturated rings. The van der Waals surface area contributed by atoms with Gasteiger partial charge in [0.1, 0.15) is 5.82 Å². The molecule has 2 heterocycles. The van der Waals surface area contributed by atoms with Crippen molar-refractivity contribution in [1.29, 1.82) is 5.26 Å². The molecule has 0 saturated heterocycles. The summed E-state index contributed by atoms with van der Waals surface area (Å²) in [5.41, 5.74) is -3.35. The van der Waals surface area contributed by atoms with Crippen LogP contribution in [-0.2, 0) is 12.7 Å². The molecule has 4 rings (SSSR count). The molecule has 5 nitrogen and oxygen atoms in total. The first-order valence-electron chi connectivity index (χ1n) is 8.46. The van der Waals surface area contributed by atoms with Crippen LogP contribution in [-0.4, -0.2) is 15.3 Å². The quantitative estimate of drug-likeness (QED) is 0.605. The van der Waals surface area contributed by atoms with E-state index in [1.165, 1.54) is 4.57 Å². The molecule has 0 aliphatic carbocycles. The fraction of sp³-hybridized carbons (Fsp3) is 0.211. The molecule has 0 radical (unpaired) electrons. The highest BCUT2D eigenvalue weighted by Gasteiger charge is 2.37. The van der Waals surface area contributed by atoms with Crippen LogP contribution in [0.5, 0.6) is 0 Å². The van der Waals surface area contributed by atoms with E-state index in [1.54, 1.807) is 6.07 Å². The Balaban J connectivity index is 2.28. The summed E-state index contributed by atoms with van der Waals surface area (Å²) in [4.78, 5) is 26.7. The number of hydrogen-bond acceptors (Lipinski definition) is 4. The first kappa shape index (κ1) is 19.3. The van der Waals surface area contributed by atoms with E-state index in [2.05, 4.69) is 4.98 Å². The van der Waals surface area contributed by atoms with Gasteiger partial charge >= 0.3 is 11.9 Å². The number of alkyl halides is 3. The van der Waals surface area contributed by atoms with Crippen LogP contribution < -0.4 is 11.2 Å². The summed E-state index contributed by atoms with van der Waals surface area (Å²) in [6, 6.07) is 5.37. The van der Waals surface area contributed by atoms with E-state index < -0.39 is 28.8 Å². The maximum atomic E-state index is 14.0. The van der Waals surface area contributed by atoms with Gasteiger partial charge in [0.15, 0.2) is 0 Å². The number of H-pyrrole nitrogens is 1. The lowest BCUT2D eigenvalue weighted by Crippen LogP contribution is -2.30. The van der Waals surface area contributed by atoms with Crippen molar-refractivity contribution >= 4 is 22.7 Å². The molecule has 148 valence electrons. The molecule has 0 spiro atoms. The van der Waals surface area contributed by atoms with E-state index >= 15 is 0 Å². The van der Waals surface area contributed by atoms with Crippen molar-refractivity contribution < 1.29 is 17.6 Å². The van der Waals surface area contributed by atoms with Crippen LogP contribution in [0.3, 0.4) is 0 Å². The Kier molecular flexibility index (Phi) is 4.50. The number of aromatic nitrogens is 2. The Morgan fingerprint density at radius 2 is 1.97 bits per heavy atom. The van der Waals surface area contributed by atoms with Gasteiger partial charge in [-0.3, -0.25) is 14.3 Å². The summed E-state index contributed by atoms with van der Waals surface area (Å²) in [5, 5.41) is 9.11. The summed E-state index contributed by atoms with van der Waals surface area (Å²) in [7, 11) is 0. The first-order valence-corrected chi connectivity index (χ1v) is 9.45. The molecule has 1 aromatic heterocycles. The zero-order valence-electron chi connectivity index (χ0n) is 14.6. The minimum atomic E-state index is -4.85. The number of rotatable bonds is 1. The highest BCUT2D eigenvalue weighted by molar-refractivity contribution is 7.99. The Hall–Kier alpha value is -3.06. The van der Waals surface area contributed by atoms with E-state index in [1.807, 2.05) is 0 Å². The number of benzene rings is 2. The van der Waals surface area contributed by atoms with Gasteiger partial charge in [0, 0.05) is 22.6 Å². The van der Waals surface area contributed by atoms with Crippen molar-refractivity contribution in [3.8, 4) is 17.2 Å². The smallest absolute Gasteiger partial charge is 0.292 e. The largest absolute Gasteiger partial charge is 0.417 e. The first-order chi connectivity index (χ1) is 13.7. The number of hydrogen-bond donors (Lipinski definition) is 1. The molecule has 0 atom stereocenters. The van der Waals surface area contributed by atoms with Crippen LogP contribution in [0.15, 0.2) is 38.8 Å². The predicted molar refractivity (Wildman–Crippen MR) is 99.3 cm³/mol. The zero-order valence-corrected chi connectivity index (χ0v) is 15.4. The van der Waals surface area contributed by atoms with Gasteiger partial charge < -0.3 is 0 Å². The zero-order chi connectivity index (χ0) is 20.9. The topological polar surface area (TPSA) is 78.7 Å². The molecule has 29 heavy (non-hydrogen) atoms. The molecule has 2 aromatic carbocycles. The van der Waals surface area contributed by atoms with Gasteiger partial charge in [-0.1, -0.05) is 6.07 Å². The Morgan fingerprint density at radius 3 is 2.66 bits per heavy atom. The van der Waals surface area contributed by atoms with E-state index in [4.69, 9.17) is 0 Å². The number of halogens is 4. The summed E-state index contributed by atoms with van der Waals surface area (Å²) in [6.07, 6.45) is -4.35. The average Bonchev–Trinajstić information content (AvgIpc) is 2.88. The minimum Gasteiger partial charge on any atom is -0.292 e. The van der Waals surface area contributed by atoms with Crippen molar-refractivity contribution in [3.05, 3.63) is 62.0 Å². The van der Waals surface area contributed by atoms with Crippen LogP contribution in [0.25, 0.3) is 22.0 Å². The number of nitrogens with one attached hydrogen (secondary N) is 1. The van der Waals surface area contributed by atoms with Gasteiger partial charge in [-0.05, 0) is 30.4 Å². The van der Waals surface area contributed by atoms with Gasteiger partial charge in [0.05, 0.1) is 28.1 Å². The van der Waals surface area contributed by atoms with Crippen molar-refractivity contribution in [2.45, 2.75) is 24.0 Å². The van der Waals surface area contributed by atoms with Gasteiger partial charge in [-0.2, -0.15) is 18.4 Å². The Morgan fingerprint density at radius 1 is 1.21 bits per heavy atom. The molecule has 1 N–H and O–H groups in total. The van der Waals surface area contributed by atoms with Gasteiger partial charge in [0.2, 0.25) is 0 Å². The van der Waals surface area contributed by atoms with E-state index in [0.29, 0.717) is 18.2 Å². The predicted octanol–water partition coefficient (Wildman–Crippen LogP) is 3.88. The van der Waals surface area contributed by atoms with Crippen LogP contribution >= 0.6 is 11.8 Å². The lowest BCUT2D eigenvalue weighted by atomic mass is 9.93. The van der Waals surface area contributed by atoms with Crippen molar-refractivity contribution in [2.24, 2.45) is 0 Å². The highest BCUT2D eigenvalue weighted by atomic mass is 32.2. The van der Waals surface area contributed by atoms with Crippen LogP contribution in [0.1, 0.15) is 17.5 Å². The fourth-order valence-corrected chi connectivity index (χ4v) is 4.69. The summed E-state index contributed by atoms with van der Waals surface area (Å²) in [5.74, 6) is -0.353. The number of nitrogens with zero attached hydrogens (tertiary/aromatic N) is 2. The molecule has 3 aromatic rings. The second kappa shape index (κ2) is 6.77. The SMILES string of the molecule is N#Cc1cc(F)ccc1-c1c(C(F)(F)F)cc2c(=O)[nH]c(=O)n3c2c1SCCC3. The lowest BCUT2D eigenvalue weighted by Gasteiger charge is -2.20. The fourth-order valence-electron chi connectivity index (χ4n) is 3.49. The van der Waals surface area contributed by atoms with E-state index in [0.717, 1.165) is 30.0 Å². The third kappa shape index (κ3) is 3.11. The van der Waals surface area contributed by atoms with E-state index in [9.17, 15) is 32.4 Å². The maximum absolute atomic E-state index is 14.0. The molecular weight excluding hydrogens is 410 g/mol. The van der Waals surface area contributed by atoms with Crippen LogP contribution in [0.4, 0.5) is 17.6 Å². The van der Waals surface area contributed by atoms with Gasteiger partial charge in [0.25, 0.3) is 5.56 Å². The van der Waals surface area contributed by atoms with Crippen LogP contribution in [0, 0.1) is 17.1 Å². The van der Waals surface area contributed by atoms with E-state index in [-0.39, 0.29) is 39.0 Å². The average molecular weight is 421 g/mol. The second-order valence-electron chi connectivity index (χ2n) is 6.44. The summed E-state index contributed by atoms with van der Waals surface area (Å²) < 4.78 is 56.8. The maximum Gasteiger partial charge on any atom is 0.417 e. The monoisotopic (exact) mass is 421 g/mol. The molecule has 0 unspecified atom stereocenters. The molecule has 1 aliphatic rings. The number of thioether (sulfide) groups is 1. The Labute approximate surface area is 164 Å². The minimum absolute atomic E-state index is 0.0821. The van der Waals surface area contributed by atoms with Gasteiger partial charge in [-0.15, -0.1) is 11.8 Å². The lowest BCUT2D eigenvalue weighted by molar-refractivity contribution is -0.137. The standard InChI is InChI=1S/C19H11F4N3O2S/c20-10-2-3-11(9(6-10)8-24)14-13(19(21,22)23)7-12-15-16(14)29-5-1-4-26(15)18(28)25-17(12)27/h2-3,6-7H,1,4-5H2,(H,25,27,28). The van der Waals surface area contributed by atoms with Crippen molar-refractivity contribution in [2.75, 3.05) is 5.75 Å². The van der Waals surface area contributed by atoms with Crippen molar-refractivity contribution in [3.63, 3.8) is 0 Å².